The Balaban J connectivity index is 2.36. The third-order valence-electron chi connectivity index (χ3n) is 2.12. The lowest BCUT2D eigenvalue weighted by Gasteiger charge is -2.13. The molecule has 0 aliphatic rings. The van der Waals surface area contributed by atoms with E-state index in [1.54, 1.807) is 0 Å². The van der Waals surface area contributed by atoms with Gasteiger partial charge in [0.2, 0.25) is 5.91 Å². The van der Waals surface area contributed by atoms with Gasteiger partial charge in [-0.25, -0.2) is 0 Å². The largest absolute Gasteiger partial charge is 0.370 e. The molecule has 1 aromatic rings. The van der Waals surface area contributed by atoms with E-state index in [2.05, 4.69) is 24.4 Å². The molecule has 1 amide bonds. The maximum Gasteiger partial charge on any atom is 0.218 e. The second-order valence-electron chi connectivity index (χ2n) is 3.30. The summed E-state index contributed by atoms with van der Waals surface area (Å²) in [7, 11) is 0. The van der Waals surface area contributed by atoms with Gasteiger partial charge in [-0.2, -0.15) is 0 Å². The van der Waals surface area contributed by atoms with Gasteiger partial charge >= 0.3 is 0 Å². The van der Waals surface area contributed by atoms with Gasteiger partial charge in [0.25, 0.3) is 0 Å². The molecule has 0 heterocycles. The van der Waals surface area contributed by atoms with E-state index in [4.69, 9.17) is 5.73 Å². The Morgan fingerprint density at radius 3 is 2.64 bits per heavy atom. The van der Waals surface area contributed by atoms with Crippen molar-refractivity contribution in [3.63, 3.8) is 0 Å². The van der Waals surface area contributed by atoms with Crippen LogP contribution in [-0.2, 0) is 4.79 Å². The highest BCUT2D eigenvalue weighted by atomic mass is 16.1. The lowest BCUT2D eigenvalue weighted by atomic mass is 10.1. The summed E-state index contributed by atoms with van der Waals surface area (Å²) < 4.78 is 0. The van der Waals surface area contributed by atoms with Crippen molar-refractivity contribution in [3.05, 3.63) is 35.9 Å². The highest BCUT2D eigenvalue weighted by Crippen LogP contribution is 2.10. The summed E-state index contributed by atoms with van der Waals surface area (Å²) in [5, 5.41) is 3.23. The van der Waals surface area contributed by atoms with Crippen LogP contribution >= 0.6 is 0 Å². The van der Waals surface area contributed by atoms with Crippen molar-refractivity contribution < 1.29 is 4.79 Å². The fourth-order valence-electron chi connectivity index (χ4n) is 1.27. The third kappa shape index (κ3) is 3.58. The van der Waals surface area contributed by atoms with Gasteiger partial charge in [-0.1, -0.05) is 30.3 Å². The summed E-state index contributed by atoms with van der Waals surface area (Å²) in [5.74, 6) is -0.266. The van der Waals surface area contributed by atoms with Gasteiger partial charge in [-0.3, -0.25) is 4.79 Å². The van der Waals surface area contributed by atoms with Crippen LogP contribution < -0.4 is 11.1 Å². The molecular formula is C11H16N2O. The van der Waals surface area contributed by atoms with Gasteiger partial charge < -0.3 is 11.1 Å². The summed E-state index contributed by atoms with van der Waals surface area (Å²) in [6.07, 6.45) is 0.386. The molecule has 1 rings (SSSR count). The maximum atomic E-state index is 10.5. The zero-order valence-corrected chi connectivity index (χ0v) is 8.36. The summed E-state index contributed by atoms with van der Waals surface area (Å²) in [4.78, 5) is 10.5. The molecule has 0 saturated heterocycles. The first-order valence-electron chi connectivity index (χ1n) is 4.77. The van der Waals surface area contributed by atoms with Gasteiger partial charge in [0.05, 0.1) is 0 Å². The maximum absolute atomic E-state index is 10.5. The number of rotatable bonds is 5. The molecule has 76 valence electrons. The normalized spacial score (nSPS) is 12.4. The van der Waals surface area contributed by atoms with Gasteiger partial charge in [0.1, 0.15) is 0 Å². The van der Waals surface area contributed by atoms with E-state index >= 15 is 0 Å². The van der Waals surface area contributed by atoms with Crippen molar-refractivity contribution in [2.45, 2.75) is 19.4 Å². The number of benzene rings is 1. The Kier molecular flexibility index (Phi) is 4.13. The van der Waals surface area contributed by atoms with Crippen molar-refractivity contribution in [1.29, 1.82) is 0 Å². The second kappa shape index (κ2) is 5.40. The SMILES string of the molecule is C[C@H](NCCC(N)=O)c1ccccc1. The molecular weight excluding hydrogens is 176 g/mol. The smallest absolute Gasteiger partial charge is 0.218 e. The van der Waals surface area contributed by atoms with Crippen LogP contribution in [0.15, 0.2) is 30.3 Å². The standard InChI is InChI=1S/C11H16N2O/c1-9(13-8-7-11(12)14)10-5-3-2-4-6-10/h2-6,9,13H,7-8H2,1H3,(H2,12,14)/t9-/m0/s1. The number of carbonyl (C=O) groups is 1. The molecule has 0 bridgehead atoms. The van der Waals surface area contributed by atoms with Crippen LogP contribution in [0.3, 0.4) is 0 Å². The van der Waals surface area contributed by atoms with Crippen molar-refractivity contribution >= 4 is 5.91 Å². The first kappa shape index (κ1) is 10.7. The Morgan fingerprint density at radius 2 is 2.07 bits per heavy atom. The molecule has 0 fully saturated rings. The molecule has 0 spiro atoms. The average Bonchev–Trinajstić information content (AvgIpc) is 2.18. The number of nitrogens with one attached hydrogen (secondary N) is 1. The molecule has 3 heteroatoms. The van der Waals surface area contributed by atoms with E-state index in [-0.39, 0.29) is 11.9 Å². The predicted molar refractivity (Wildman–Crippen MR) is 56.7 cm³/mol. The van der Waals surface area contributed by atoms with E-state index in [9.17, 15) is 4.79 Å². The molecule has 0 aliphatic carbocycles. The van der Waals surface area contributed by atoms with Crippen LogP contribution in [0.4, 0.5) is 0 Å². The minimum Gasteiger partial charge on any atom is -0.370 e. The number of hydrogen-bond donors (Lipinski definition) is 2. The lowest BCUT2D eigenvalue weighted by molar-refractivity contribution is -0.117. The number of amides is 1. The Labute approximate surface area is 84.3 Å². The number of hydrogen-bond acceptors (Lipinski definition) is 2. The minimum absolute atomic E-state index is 0.260. The zero-order chi connectivity index (χ0) is 10.4. The zero-order valence-electron chi connectivity index (χ0n) is 8.36. The summed E-state index contributed by atoms with van der Waals surface area (Å²) in [6, 6.07) is 10.4. The van der Waals surface area contributed by atoms with Gasteiger partial charge in [0, 0.05) is 19.0 Å². The number of primary amides is 1. The first-order valence-corrected chi connectivity index (χ1v) is 4.77. The van der Waals surface area contributed by atoms with E-state index in [0.717, 1.165) is 0 Å². The molecule has 0 radical (unpaired) electrons. The van der Waals surface area contributed by atoms with E-state index in [1.807, 2.05) is 18.2 Å². The Hall–Kier alpha value is -1.35. The third-order valence-corrected chi connectivity index (χ3v) is 2.12. The highest BCUT2D eigenvalue weighted by Gasteiger charge is 2.03. The molecule has 0 unspecified atom stereocenters. The highest BCUT2D eigenvalue weighted by molar-refractivity contribution is 5.73. The van der Waals surface area contributed by atoms with Crippen LogP contribution in [0.1, 0.15) is 24.9 Å². The molecule has 14 heavy (non-hydrogen) atoms. The van der Waals surface area contributed by atoms with Crippen molar-refractivity contribution in [2.24, 2.45) is 5.73 Å². The van der Waals surface area contributed by atoms with E-state index < -0.39 is 0 Å². The molecule has 1 aromatic carbocycles. The second-order valence-corrected chi connectivity index (χ2v) is 3.30. The fourth-order valence-corrected chi connectivity index (χ4v) is 1.27. The van der Waals surface area contributed by atoms with Crippen molar-refractivity contribution in [2.75, 3.05) is 6.54 Å². The molecule has 3 N–H and O–H groups in total. The first-order chi connectivity index (χ1) is 6.70. The molecule has 1 atom stereocenters. The number of carbonyl (C=O) groups excluding carboxylic acids is 1. The van der Waals surface area contributed by atoms with Crippen LogP contribution in [0.5, 0.6) is 0 Å². The summed E-state index contributed by atoms with van der Waals surface area (Å²) in [6.45, 7) is 2.70. The van der Waals surface area contributed by atoms with Crippen LogP contribution in [0.25, 0.3) is 0 Å². The van der Waals surface area contributed by atoms with Crippen molar-refractivity contribution in [3.8, 4) is 0 Å². The fraction of sp³-hybridized carbons (Fsp3) is 0.364. The van der Waals surface area contributed by atoms with Crippen LogP contribution in [0, 0.1) is 0 Å². The molecule has 0 aromatic heterocycles. The van der Waals surface area contributed by atoms with Crippen LogP contribution in [0.2, 0.25) is 0 Å². The molecule has 3 nitrogen and oxygen atoms in total. The summed E-state index contributed by atoms with van der Waals surface area (Å²) >= 11 is 0. The Morgan fingerprint density at radius 1 is 1.43 bits per heavy atom. The average molecular weight is 192 g/mol. The van der Waals surface area contributed by atoms with Gasteiger partial charge in [-0.15, -0.1) is 0 Å². The van der Waals surface area contributed by atoms with Gasteiger partial charge in [0.15, 0.2) is 0 Å². The predicted octanol–water partition coefficient (Wildman–Crippen LogP) is 1.21. The van der Waals surface area contributed by atoms with E-state index in [0.29, 0.717) is 13.0 Å². The molecule has 0 aliphatic heterocycles. The quantitative estimate of drug-likeness (QED) is 0.736. The molecule has 0 saturated carbocycles. The minimum atomic E-state index is -0.266. The van der Waals surface area contributed by atoms with Crippen LogP contribution in [-0.4, -0.2) is 12.5 Å². The topological polar surface area (TPSA) is 55.1 Å². The van der Waals surface area contributed by atoms with E-state index in [1.165, 1.54) is 5.56 Å². The lowest BCUT2D eigenvalue weighted by Crippen LogP contribution is -2.24. The monoisotopic (exact) mass is 192 g/mol. The van der Waals surface area contributed by atoms with Crippen molar-refractivity contribution in [1.82, 2.24) is 5.32 Å². The summed E-state index contributed by atoms with van der Waals surface area (Å²) in [5.41, 5.74) is 6.26. The Bertz CT molecular complexity index is 285. The van der Waals surface area contributed by atoms with Gasteiger partial charge in [-0.05, 0) is 12.5 Å². The number of nitrogens with two attached hydrogens (primary N) is 1.